The van der Waals surface area contributed by atoms with E-state index in [2.05, 4.69) is 5.32 Å². The van der Waals surface area contributed by atoms with Crippen LogP contribution in [-0.2, 0) is 4.79 Å². The summed E-state index contributed by atoms with van der Waals surface area (Å²) in [5.41, 5.74) is 6.29. The first-order chi connectivity index (χ1) is 10.1. The van der Waals surface area contributed by atoms with Crippen molar-refractivity contribution in [3.63, 3.8) is 0 Å². The van der Waals surface area contributed by atoms with E-state index in [9.17, 15) is 4.79 Å². The van der Waals surface area contributed by atoms with Gasteiger partial charge in [-0.3, -0.25) is 10.1 Å². The Morgan fingerprint density at radius 2 is 2.05 bits per heavy atom. The maximum atomic E-state index is 11.8. The van der Waals surface area contributed by atoms with E-state index in [1.807, 2.05) is 0 Å². The molecule has 1 aromatic carbocycles. The van der Waals surface area contributed by atoms with Crippen molar-refractivity contribution in [2.24, 2.45) is 5.73 Å². The van der Waals surface area contributed by atoms with Crippen molar-refractivity contribution >= 4 is 17.5 Å². The number of carbonyl (C=O) groups excluding carboxylic acids is 1. The summed E-state index contributed by atoms with van der Waals surface area (Å²) in [7, 11) is 0. The first kappa shape index (κ1) is 14.5. The quantitative estimate of drug-likeness (QED) is 0.896. The molecule has 1 atom stereocenters. The topological polar surface area (TPSA) is 73.6 Å². The van der Waals surface area contributed by atoms with Gasteiger partial charge in [0.1, 0.15) is 6.04 Å². The van der Waals surface area contributed by atoms with E-state index in [0.29, 0.717) is 22.6 Å². The molecule has 0 aromatic heterocycles. The number of nitrogens with two attached hydrogens (primary N) is 1. The minimum atomic E-state index is -0.555. The lowest BCUT2D eigenvalue weighted by Crippen LogP contribution is -2.40. The van der Waals surface area contributed by atoms with Gasteiger partial charge in [0, 0.05) is 6.04 Å². The molecule has 1 heterocycles. The Balaban J connectivity index is 1.83. The molecule has 1 amide bonds. The third-order valence-electron chi connectivity index (χ3n) is 4.07. The maximum absolute atomic E-state index is 11.8. The minimum absolute atomic E-state index is 0.149. The number of hydrogen-bond acceptors (Lipinski definition) is 4. The predicted octanol–water partition coefficient (Wildman–Crippen LogP) is 2.52. The van der Waals surface area contributed by atoms with Crippen molar-refractivity contribution < 1.29 is 14.3 Å². The summed E-state index contributed by atoms with van der Waals surface area (Å²) >= 11 is 6.18. The van der Waals surface area contributed by atoms with Crippen molar-refractivity contribution in [3.8, 4) is 11.5 Å². The van der Waals surface area contributed by atoms with E-state index in [4.69, 9.17) is 26.8 Å². The molecule has 1 aliphatic heterocycles. The Morgan fingerprint density at radius 1 is 1.29 bits per heavy atom. The number of rotatable bonds is 4. The Hall–Kier alpha value is -1.46. The molecule has 0 radical (unpaired) electrons. The first-order valence-electron chi connectivity index (χ1n) is 7.29. The number of primary amides is 1. The molecule has 3 N–H and O–H groups in total. The highest BCUT2D eigenvalue weighted by Crippen LogP contribution is 2.41. The SMILES string of the molecule is NC(=O)C(NC1CCCCC1)c1cc(Cl)c2c(c1)OCO2. The number of benzene rings is 1. The van der Waals surface area contributed by atoms with Crippen LogP contribution in [-0.4, -0.2) is 18.7 Å². The second-order valence-corrected chi connectivity index (χ2v) is 5.98. The standard InChI is InChI=1S/C15H19ClN2O3/c16-11-6-9(7-12-14(11)21-8-20-12)13(15(17)19)18-10-4-2-1-3-5-10/h6-7,10,13,18H,1-5,8H2,(H2,17,19). The zero-order valence-electron chi connectivity index (χ0n) is 11.7. The third kappa shape index (κ3) is 3.09. The molecular formula is C15H19ClN2O3. The molecule has 21 heavy (non-hydrogen) atoms. The Bertz CT molecular complexity index is 544. The van der Waals surface area contributed by atoms with Crippen LogP contribution in [0.2, 0.25) is 5.02 Å². The van der Waals surface area contributed by atoms with Crippen molar-refractivity contribution in [3.05, 3.63) is 22.7 Å². The number of amides is 1. The largest absolute Gasteiger partial charge is 0.454 e. The van der Waals surface area contributed by atoms with E-state index in [1.54, 1.807) is 12.1 Å². The highest BCUT2D eigenvalue weighted by molar-refractivity contribution is 6.32. The van der Waals surface area contributed by atoms with Gasteiger partial charge in [-0.2, -0.15) is 0 Å². The van der Waals surface area contributed by atoms with E-state index < -0.39 is 11.9 Å². The lowest BCUT2D eigenvalue weighted by Gasteiger charge is -2.27. The molecule has 6 heteroatoms. The summed E-state index contributed by atoms with van der Waals surface area (Å²) in [4.78, 5) is 11.8. The molecule has 2 aliphatic rings. The summed E-state index contributed by atoms with van der Waals surface area (Å²) in [6.07, 6.45) is 5.77. The molecule has 1 fully saturated rings. The van der Waals surface area contributed by atoms with Gasteiger partial charge in [-0.1, -0.05) is 30.9 Å². The van der Waals surface area contributed by atoms with Gasteiger partial charge in [0.05, 0.1) is 5.02 Å². The molecule has 0 bridgehead atoms. The van der Waals surface area contributed by atoms with Crippen LogP contribution >= 0.6 is 11.6 Å². The molecule has 1 aliphatic carbocycles. The van der Waals surface area contributed by atoms with Crippen LogP contribution in [0.3, 0.4) is 0 Å². The maximum Gasteiger partial charge on any atom is 0.239 e. The Kier molecular flexibility index (Phi) is 4.22. The smallest absolute Gasteiger partial charge is 0.239 e. The van der Waals surface area contributed by atoms with Gasteiger partial charge in [0.25, 0.3) is 0 Å². The second kappa shape index (κ2) is 6.12. The number of ether oxygens (including phenoxy) is 2. The molecule has 1 saturated carbocycles. The summed E-state index contributed by atoms with van der Waals surface area (Å²) in [5.74, 6) is 0.686. The van der Waals surface area contributed by atoms with Crippen molar-refractivity contribution in [2.75, 3.05) is 6.79 Å². The zero-order chi connectivity index (χ0) is 14.8. The molecule has 114 valence electrons. The predicted molar refractivity (Wildman–Crippen MR) is 79.5 cm³/mol. The van der Waals surface area contributed by atoms with Crippen LogP contribution in [0.5, 0.6) is 11.5 Å². The molecule has 5 nitrogen and oxygen atoms in total. The second-order valence-electron chi connectivity index (χ2n) is 5.57. The summed E-state index contributed by atoms with van der Waals surface area (Å²) in [6.45, 7) is 0.149. The zero-order valence-corrected chi connectivity index (χ0v) is 12.5. The number of halogens is 1. The highest BCUT2D eigenvalue weighted by Gasteiger charge is 2.27. The van der Waals surface area contributed by atoms with E-state index in [1.165, 1.54) is 19.3 Å². The number of hydrogen-bond donors (Lipinski definition) is 2. The van der Waals surface area contributed by atoms with E-state index in [-0.39, 0.29) is 6.79 Å². The number of fused-ring (bicyclic) bond motifs is 1. The van der Waals surface area contributed by atoms with Crippen molar-refractivity contribution in [2.45, 2.75) is 44.2 Å². The lowest BCUT2D eigenvalue weighted by atomic mass is 9.93. The molecular weight excluding hydrogens is 292 g/mol. The third-order valence-corrected chi connectivity index (χ3v) is 4.36. The van der Waals surface area contributed by atoms with Crippen LogP contribution in [0, 0.1) is 0 Å². The summed E-state index contributed by atoms with van der Waals surface area (Å²) < 4.78 is 10.6. The molecule has 0 saturated heterocycles. The van der Waals surface area contributed by atoms with Crippen molar-refractivity contribution in [1.29, 1.82) is 0 Å². The fourth-order valence-electron chi connectivity index (χ4n) is 3.00. The van der Waals surface area contributed by atoms with Crippen LogP contribution in [0.1, 0.15) is 43.7 Å². The van der Waals surface area contributed by atoms with Gasteiger partial charge in [-0.25, -0.2) is 0 Å². The van der Waals surface area contributed by atoms with Crippen LogP contribution in [0.15, 0.2) is 12.1 Å². The first-order valence-corrected chi connectivity index (χ1v) is 7.67. The van der Waals surface area contributed by atoms with Gasteiger partial charge in [-0.15, -0.1) is 0 Å². The van der Waals surface area contributed by atoms with Gasteiger partial charge in [0.2, 0.25) is 12.7 Å². The van der Waals surface area contributed by atoms with Crippen LogP contribution in [0.4, 0.5) is 0 Å². The van der Waals surface area contributed by atoms with Gasteiger partial charge < -0.3 is 15.2 Å². The van der Waals surface area contributed by atoms with Crippen LogP contribution < -0.4 is 20.5 Å². The lowest BCUT2D eigenvalue weighted by molar-refractivity contribution is -0.120. The normalized spacial score (nSPS) is 19.5. The summed E-state index contributed by atoms with van der Waals surface area (Å²) in [6, 6.07) is 3.26. The molecule has 1 unspecified atom stereocenters. The molecule has 3 rings (SSSR count). The number of nitrogens with one attached hydrogen (secondary N) is 1. The highest BCUT2D eigenvalue weighted by atomic mass is 35.5. The summed E-state index contributed by atoms with van der Waals surface area (Å²) in [5, 5.41) is 3.80. The van der Waals surface area contributed by atoms with Crippen LogP contribution in [0.25, 0.3) is 0 Å². The molecule has 0 spiro atoms. The van der Waals surface area contributed by atoms with E-state index in [0.717, 1.165) is 18.4 Å². The van der Waals surface area contributed by atoms with Gasteiger partial charge in [0.15, 0.2) is 11.5 Å². The average Bonchev–Trinajstić information content (AvgIpc) is 2.94. The Morgan fingerprint density at radius 3 is 2.76 bits per heavy atom. The van der Waals surface area contributed by atoms with Crippen molar-refractivity contribution in [1.82, 2.24) is 5.32 Å². The van der Waals surface area contributed by atoms with Gasteiger partial charge >= 0.3 is 0 Å². The van der Waals surface area contributed by atoms with E-state index >= 15 is 0 Å². The minimum Gasteiger partial charge on any atom is -0.454 e. The average molecular weight is 311 g/mol. The fraction of sp³-hybridized carbons (Fsp3) is 0.533. The Labute approximate surface area is 128 Å². The number of carbonyl (C=O) groups is 1. The monoisotopic (exact) mass is 310 g/mol. The fourth-order valence-corrected chi connectivity index (χ4v) is 3.28. The molecule has 1 aromatic rings. The van der Waals surface area contributed by atoms with Gasteiger partial charge in [-0.05, 0) is 30.5 Å².